The Bertz CT molecular complexity index is 1020. The fraction of sp³-hybridized carbons (Fsp3) is 0.267. The Balaban J connectivity index is 1.60. The summed E-state index contributed by atoms with van der Waals surface area (Å²) in [5.41, 5.74) is 2.23. The topological polar surface area (TPSA) is 72.1 Å². The van der Waals surface area contributed by atoms with Crippen LogP contribution in [-0.2, 0) is 5.75 Å². The van der Waals surface area contributed by atoms with Crippen LogP contribution in [0.1, 0.15) is 10.8 Å². The van der Waals surface area contributed by atoms with E-state index in [1.165, 1.54) is 0 Å². The Morgan fingerprint density at radius 2 is 2.00 bits per heavy atom. The van der Waals surface area contributed by atoms with Crippen molar-refractivity contribution in [3.8, 4) is 10.6 Å². The Kier molecular flexibility index (Phi) is 4.40. The largest absolute Gasteiger partial charge is 0.378 e. The van der Waals surface area contributed by atoms with Crippen molar-refractivity contribution in [3.05, 3.63) is 35.1 Å². The van der Waals surface area contributed by atoms with Crippen LogP contribution in [0.15, 0.2) is 28.6 Å². The summed E-state index contributed by atoms with van der Waals surface area (Å²) in [6.07, 6.45) is 0. The van der Waals surface area contributed by atoms with Gasteiger partial charge in [-0.25, -0.2) is 0 Å². The van der Waals surface area contributed by atoms with Gasteiger partial charge in [-0.2, -0.15) is 9.61 Å². The average Bonchev–Trinajstić information content (AvgIpc) is 3.29. The van der Waals surface area contributed by atoms with Crippen LogP contribution < -0.4 is 4.90 Å². The van der Waals surface area contributed by atoms with Crippen LogP contribution in [-0.4, -0.2) is 44.1 Å². The summed E-state index contributed by atoms with van der Waals surface area (Å²) < 4.78 is 2.76. The summed E-state index contributed by atoms with van der Waals surface area (Å²) in [5, 5.41) is 23.3. The molecule has 25 heavy (non-hydrogen) atoms. The van der Waals surface area contributed by atoms with E-state index in [1.54, 1.807) is 34.4 Å². The molecule has 128 valence electrons. The molecule has 0 atom stereocenters. The third kappa shape index (κ3) is 3.37. The van der Waals surface area contributed by atoms with E-state index in [4.69, 9.17) is 5.10 Å². The van der Waals surface area contributed by atoms with Crippen LogP contribution in [0.5, 0.6) is 0 Å². The molecule has 0 radical (unpaired) electrons. The van der Waals surface area contributed by atoms with Gasteiger partial charge in [0.2, 0.25) is 4.96 Å². The fourth-order valence-corrected chi connectivity index (χ4v) is 4.82. The number of aromatic nitrogens is 6. The van der Waals surface area contributed by atoms with E-state index in [-0.39, 0.29) is 0 Å². The zero-order valence-electron chi connectivity index (χ0n) is 13.9. The first kappa shape index (κ1) is 16.4. The van der Waals surface area contributed by atoms with Gasteiger partial charge in [0.15, 0.2) is 10.2 Å². The van der Waals surface area contributed by atoms with Crippen LogP contribution in [0.3, 0.4) is 0 Å². The fourth-order valence-electron chi connectivity index (χ4n) is 2.24. The number of thioether (sulfide) groups is 1. The number of anilines is 1. The van der Waals surface area contributed by atoms with Crippen molar-refractivity contribution in [2.75, 3.05) is 19.0 Å². The molecule has 0 aliphatic carbocycles. The van der Waals surface area contributed by atoms with Crippen LogP contribution in [0.2, 0.25) is 0 Å². The molecule has 0 aliphatic rings. The van der Waals surface area contributed by atoms with E-state index in [9.17, 15) is 0 Å². The molecule has 0 saturated heterocycles. The number of fused-ring (bicyclic) bond motifs is 1. The van der Waals surface area contributed by atoms with E-state index in [1.807, 2.05) is 31.6 Å². The molecule has 0 unspecified atom stereocenters. The first-order valence-electron chi connectivity index (χ1n) is 7.52. The molecule has 3 aromatic heterocycles. The predicted octanol–water partition coefficient (Wildman–Crippen LogP) is 3.37. The van der Waals surface area contributed by atoms with Crippen molar-refractivity contribution in [3.63, 3.8) is 0 Å². The number of rotatable bonds is 5. The average molecular weight is 390 g/mol. The van der Waals surface area contributed by atoms with Gasteiger partial charge in [0.05, 0.1) is 5.75 Å². The van der Waals surface area contributed by atoms with Crippen LogP contribution >= 0.6 is 34.4 Å². The molecular formula is C15H15N7S3. The van der Waals surface area contributed by atoms with Crippen LogP contribution in [0, 0.1) is 6.92 Å². The summed E-state index contributed by atoms with van der Waals surface area (Å²) in [7, 11) is 4.06. The SMILES string of the molecule is Cc1nnc(SCc2nnc3sc(-c4cccc(N(C)C)c4)nn23)s1. The van der Waals surface area contributed by atoms with Crippen molar-refractivity contribution >= 4 is 45.1 Å². The first-order valence-corrected chi connectivity index (χ1v) is 10.1. The Labute approximate surface area is 156 Å². The number of benzene rings is 1. The van der Waals surface area contributed by atoms with Crippen molar-refractivity contribution in [1.29, 1.82) is 0 Å². The molecule has 0 aliphatic heterocycles. The lowest BCUT2D eigenvalue weighted by Gasteiger charge is -2.12. The summed E-state index contributed by atoms with van der Waals surface area (Å²) in [5.74, 6) is 1.48. The van der Waals surface area contributed by atoms with Gasteiger partial charge >= 0.3 is 0 Å². The highest BCUT2D eigenvalue weighted by Crippen LogP contribution is 2.30. The molecule has 0 spiro atoms. The van der Waals surface area contributed by atoms with E-state index >= 15 is 0 Å². The predicted molar refractivity (Wildman–Crippen MR) is 103 cm³/mol. The molecule has 4 rings (SSSR count). The normalized spacial score (nSPS) is 11.3. The Morgan fingerprint density at radius 3 is 2.76 bits per heavy atom. The first-order chi connectivity index (χ1) is 12.1. The minimum atomic E-state index is 0.663. The molecule has 7 nitrogen and oxygen atoms in total. The zero-order chi connectivity index (χ0) is 17.4. The minimum Gasteiger partial charge on any atom is -0.378 e. The second-order valence-electron chi connectivity index (χ2n) is 5.54. The van der Waals surface area contributed by atoms with Gasteiger partial charge in [-0.1, -0.05) is 46.6 Å². The summed E-state index contributed by atoms with van der Waals surface area (Å²) in [6.45, 7) is 1.95. The molecule has 0 N–H and O–H groups in total. The molecular weight excluding hydrogens is 374 g/mol. The molecule has 3 heterocycles. The maximum absolute atomic E-state index is 4.71. The van der Waals surface area contributed by atoms with E-state index < -0.39 is 0 Å². The molecule has 4 aromatic rings. The van der Waals surface area contributed by atoms with Gasteiger partial charge in [-0.3, -0.25) is 0 Å². The molecule has 0 fully saturated rings. The van der Waals surface area contributed by atoms with Crippen molar-refractivity contribution in [2.45, 2.75) is 17.0 Å². The van der Waals surface area contributed by atoms with Crippen LogP contribution in [0.4, 0.5) is 5.69 Å². The van der Waals surface area contributed by atoms with E-state index in [0.717, 1.165) is 36.4 Å². The van der Waals surface area contributed by atoms with E-state index in [0.29, 0.717) is 5.75 Å². The molecule has 1 aromatic carbocycles. The van der Waals surface area contributed by atoms with Crippen LogP contribution in [0.25, 0.3) is 15.5 Å². The molecule has 0 saturated carbocycles. The quantitative estimate of drug-likeness (QED) is 0.485. The van der Waals surface area contributed by atoms with Crippen molar-refractivity contribution in [1.82, 2.24) is 30.0 Å². The Hall–Kier alpha value is -2.04. The highest BCUT2D eigenvalue weighted by molar-refractivity contribution is 8.00. The van der Waals surface area contributed by atoms with Gasteiger partial charge in [-0.15, -0.1) is 20.4 Å². The number of hydrogen-bond donors (Lipinski definition) is 0. The van der Waals surface area contributed by atoms with Crippen molar-refractivity contribution < 1.29 is 0 Å². The lowest BCUT2D eigenvalue weighted by molar-refractivity contribution is 0.886. The summed E-state index contributed by atoms with van der Waals surface area (Å²) in [6, 6.07) is 8.32. The summed E-state index contributed by atoms with van der Waals surface area (Å²) >= 11 is 4.73. The molecule has 0 amide bonds. The highest BCUT2D eigenvalue weighted by Gasteiger charge is 2.14. The van der Waals surface area contributed by atoms with Gasteiger partial charge in [0.1, 0.15) is 10.0 Å². The van der Waals surface area contributed by atoms with Gasteiger partial charge in [0.25, 0.3) is 0 Å². The maximum Gasteiger partial charge on any atom is 0.235 e. The smallest absolute Gasteiger partial charge is 0.235 e. The lowest BCUT2D eigenvalue weighted by Crippen LogP contribution is -2.08. The maximum atomic E-state index is 4.71. The van der Waals surface area contributed by atoms with E-state index in [2.05, 4.69) is 43.5 Å². The van der Waals surface area contributed by atoms with Crippen molar-refractivity contribution in [2.24, 2.45) is 0 Å². The lowest BCUT2D eigenvalue weighted by atomic mass is 10.2. The highest BCUT2D eigenvalue weighted by atomic mass is 32.2. The van der Waals surface area contributed by atoms with Gasteiger partial charge in [-0.05, 0) is 19.1 Å². The molecule has 0 bridgehead atoms. The minimum absolute atomic E-state index is 0.663. The third-order valence-electron chi connectivity index (χ3n) is 3.50. The second kappa shape index (κ2) is 6.70. The summed E-state index contributed by atoms with van der Waals surface area (Å²) in [4.78, 5) is 2.88. The zero-order valence-corrected chi connectivity index (χ0v) is 16.3. The number of nitrogens with zero attached hydrogens (tertiary/aromatic N) is 7. The van der Waals surface area contributed by atoms with Gasteiger partial charge in [0, 0.05) is 25.3 Å². The number of hydrogen-bond acceptors (Lipinski definition) is 9. The Morgan fingerprint density at radius 1 is 1.12 bits per heavy atom. The molecule has 10 heteroatoms. The monoisotopic (exact) mass is 389 g/mol. The standard InChI is InChI=1S/C15H15N7S3/c1-9-16-19-15(24-9)23-8-12-17-18-14-22(12)20-13(25-14)10-5-4-6-11(7-10)21(2)3/h4-7H,8H2,1-3H3. The van der Waals surface area contributed by atoms with Gasteiger partial charge < -0.3 is 4.90 Å². The second-order valence-corrected chi connectivity index (χ2v) is 8.90. The number of aryl methyl sites for hydroxylation is 1. The third-order valence-corrected chi connectivity index (χ3v) is 6.41.